The minimum atomic E-state index is 0.513. The maximum absolute atomic E-state index is 9.94. The standard InChI is InChI=1S/C11H19NO.C2H6/c1-3-12(2)10-8-6-4-5-7-9-11-13;1-2/h4-7,11H,3,8-10H2,1-2H3;1-2H3/b6-4-,7-5-;. The van der Waals surface area contributed by atoms with Gasteiger partial charge in [-0.1, -0.05) is 45.1 Å². The Morgan fingerprint density at radius 3 is 2.27 bits per heavy atom. The molecule has 0 fully saturated rings. The number of aldehydes is 1. The lowest BCUT2D eigenvalue weighted by molar-refractivity contribution is -0.107. The van der Waals surface area contributed by atoms with Crippen molar-refractivity contribution in [1.82, 2.24) is 4.90 Å². The van der Waals surface area contributed by atoms with Crippen LogP contribution in [0.5, 0.6) is 0 Å². The van der Waals surface area contributed by atoms with Crippen LogP contribution in [0.15, 0.2) is 24.3 Å². The van der Waals surface area contributed by atoms with Gasteiger partial charge in [0.05, 0.1) is 0 Å². The fourth-order valence-electron chi connectivity index (χ4n) is 0.841. The molecule has 0 aliphatic rings. The Morgan fingerprint density at radius 1 is 1.13 bits per heavy atom. The van der Waals surface area contributed by atoms with Crippen molar-refractivity contribution in [1.29, 1.82) is 0 Å². The van der Waals surface area contributed by atoms with Crippen molar-refractivity contribution in [3.8, 4) is 0 Å². The third-order valence-corrected chi connectivity index (χ3v) is 1.83. The summed E-state index contributed by atoms with van der Waals surface area (Å²) in [6, 6.07) is 0. The first kappa shape index (κ1) is 16.5. The van der Waals surface area contributed by atoms with E-state index >= 15 is 0 Å². The highest BCUT2D eigenvalue weighted by molar-refractivity contribution is 5.52. The average molecular weight is 211 g/mol. The summed E-state index contributed by atoms with van der Waals surface area (Å²) in [6.07, 6.45) is 10.4. The van der Waals surface area contributed by atoms with Crippen molar-refractivity contribution in [3.63, 3.8) is 0 Å². The van der Waals surface area contributed by atoms with Crippen LogP contribution in [0.3, 0.4) is 0 Å². The van der Waals surface area contributed by atoms with Crippen LogP contribution in [-0.2, 0) is 4.79 Å². The highest BCUT2D eigenvalue weighted by atomic mass is 16.1. The molecule has 2 heteroatoms. The van der Waals surface area contributed by atoms with E-state index in [0.29, 0.717) is 6.42 Å². The first-order chi connectivity index (χ1) is 7.31. The van der Waals surface area contributed by atoms with E-state index in [1.807, 2.05) is 32.1 Å². The normalized spacial score (nSPS) is 10.7. The van der Waals surface area contributed by atoms with E-state index in [1.54, 1.807) is 0 Å². The van der Waals surface area contributed by atoms with E-state index in [2.05, 4.69) is 24.9 Å². The van der Waals surface area contributed by atoms with Crippen LogP contribution in [0.1, 0.15) is 33.6 Å². The van der Waals surface area contributed by atoms with Gasteiger partial charge < -0.3 is 9.69 Å². The molecule has 2 nitrogen and oxygen atoms in total. The Labute approximate surface area is 94.7 Å². The SMILES string of the molecule is CC.CCN(C)CC/C=C\C=C/CC=O. The summed E-state index contributed by atoms with van der Waals surface area (Å²) in [5.74, 6) is 0. The van der Waals surface area contributed by atoms with Gasteiger partial charge in [0.1, 0.15) is 6.29 Å². The summed E-state index contributed by atoms with van der Waals surface area (Å²) in [6.45, 7) is 8.33. The summed E-state index contributed by atoms with van der Waals surface area (Å²) in [7, 11) is 2.11. The van der Waals surface area contributed by atoms with E-state index in [4.69, 9.17) is 0 Å². The van der Waals surface area contributed by atoms with Crippen molar-refractivity contribution >= 4 is 6.29 Å². The first-order valence-electron chi connectivity index (χ1n) is 5.75. The topological polar surface area (TPSA) is 20.3 Å². The zero-order valence-corrected chi connectivity index (χ0v) is 10.6. The molecule has 0 aromatic rings. The number of allylic oxidation sites excluding steroid dienone is 3. The molecule has 0 saturated heterocycles. The van der Waals surface area contributed by atoms with E-state index in [0.717, 1.165) is 25.8 Å². The van der Waals surface area contributed by atoms with Gasteiger partial charge in [-0.15, -0.1) is 0 Å². The van der Waals surface area contributed by atoms with Gasteiger partial charge in [-0.2, -0.15) is 0 Å². The number of hydrogen-bond acceptors (Lipinski definition) is 2. The second-order valence-electron chi connectivity index (χ2n) is 2.94. The van der Waals surface area contributed by atoms with Crippen molar-refractivity contribution in [2.75, 3.05) is 20.1 Å². The fraction of sp³-hybridized carbons (Fsp3) is 0.615. The van der Waals surface area contributed by atoms with Gasteiger partial charge in [0.2, 0.25) is 0 Å². The largest absolute Gasteiger partial charge is 0.306 e. The molecular formula is C13H25NO. The molecule has 0 aromatic heterocycles. The monoisotopic (exact) mass is 211 g/mol. The number of rotatable bonds is 7. The van der Waals surface area contributed by atoms with Crippen molar-refractivity contribution in [3.05, 3.63) is 24.3 Å². The van der Waals surface area contributed by atoms with E-state index in [1.165, 1.54) is 0 Å². The third kappa shape index (κ3) is 15.8. The Kier molecular flexibility index (Phi) is 17.2. The minimum Gasteiger partial charge on any atom is -0.306 e. The number of carbonyl (C=O) groups is 1. The van der Waals surface area contributed by atoms with Gasteiger partial charge >= 0.3 is 0 Å². The predicted octanol–water partition coefficient (Wildman–Crippen LogP) is 3.06. The molecule has 0 spiro atoms. The molecule has 0 bridgehead atoms. The lowest BCUT2D eigenvalue weighted by Crippen LogP contribution is -2.17. The van der Waals surface area contributed by atoms with Gasteiger partial charge in [0.25, 0.3) is 0 Å². The Morgan fingerprint density at radius 2 is 1.73 bits per heavy atom. The van der Waals surface area contributed by atoms with Crippen LogP contribution < -0.4 is 0 Å². The molecule has 0 radical (unpaired) electrons. The second-order valence-corrected chi connectivity index (χ2v) is 2.94. The molecule has 0 amide bonds. The third-order valence-electron chi connectivity index (χ3n) is 1.83. The molecule has 0 aliphatic heterocycles. The fourth-order valence-corrected chi connectivity index (χ4v) is 0.841. The Bertz CT molecular complexity index is 173. The van der Waals surface area contributed by atoms with Crippen molar-refractivity contribution < 1.29 is 4.79 Å². The van der Waals surface area contributed by atoms with Gasteiger partial charge in [0, 0.05) is 13.0 Å². The van der Waals surface area contributed by atoms with Crippen LogP contribution in [0.4, 0.5) is 0 Å². The number of carbonyl (C=O) groups excluding carboxylic acids is 1. The first-order valence-corrected chi connectivity index (χ1v) is 5.75. The smallest absolute Gasteiger partial charge is 0.123 e. The number of hydrogen-bond donors (Lipinski definition) is 0. The summed E-state index contributed by atoms with van der Waals surface area (Å²) >= 11 is 0. The molecule has 88 valence electrons. The Hall–Kier alpha value is -0.890. The summed E-state index contributed by atoms with van der Waals surface area (Å²) in [5.41, 5.74) is 0. The van der Waals surface area contributed by atoms with Gasteiger partial charge in [-0.3, -0.25) is 0 Å². The molecule has 15 heavy (non-hydrogen) atoms. The van der Waals surface area contributed by atoms with E-state index in [9.17, 15) is 4.79 Å². The molecule has 0 aliphatic carbocycles. The van der Waals surface area contributed by atoms with Crippen molar-refractivity contribution in [2.45, 2.75) is 33.6 Å². The highest BCUT2D eigenvalue weighted by Gasteiger charge is 1.88. The van der Waals surface area contributed by atoms with E-state index < -0.39 is 0 Å². The summed E-state index contributed by atoms with van der Waals surface area (Å²) in [4.78, 5) is 12.2. The predicted molar refractivity (Wildman–Crippen MR) is 68.1 cm³/mol. The lowest BCUT2D eigenvalue weighted by atomic mass is 10.3. The van der Waals surface area contributed by atoms with E-state index in [-0.39, 0.29) is 0 Å². The second kappa shape index (κ2) is 15.6. The van der Waals surface area contributed by atoms with Crippen LogP contribution in [0.25, 0.3) is 0 Å². The van der Waals surface area contributed by atoms with Gasteiger partial charge in [0.15, 0.2) is 0 Å². The zero-order chi connectivity index (χ0) is 11.9. The maximum atomic E-state index is 9.94. The van der Waals surface area contributed by atoms with Gasteiger partial charge in [-0.25, -0.2) is 0 Å². The molecule has 0 saturated carbocycles. The molecule has 0 rings (SSSR count). The zero-order valence-electron chi connectivity index (χ0n) is 10.6. The quantitative estimate of drug-likeness (QED) is 0.476. The molecule has 0 aromatic carbocycles. The minimum absolute atomic E-state index is 0.513. The molecule has 0 atom stereocenters. The number of nitrogens with zero attached hydrogens (tertiary/aromatic N) is 1. The molecule has 0 heterocycles. The van der Waals surface area contributed by atoms with Crippen molar-refractivity contribution in [2.24, 2.45) is 0 Å². The summed E-state index contributed by atoms with van der Waals surface area (Å²) < 4.78 is 0. The molecule has 0 unspecified atom stereocenters. The van der Waals surface area contributed by atoms with Crippen LogP contribution in [0, 0.1) is 0 Å². The van der Waals surface area contributed by atoms with Crippen LogP contribution in [0.2, 0.25) is 0 Å². The van der Waals surface area contributed by atoms with Crippen LogP contribution in [-0.4, -0.2) is 31.3 Å². The molecule has 0 N–H and O–H groups in total. The highest BCUT2D eigenvalue weighted by Crippen LogP contribution is 1.89. The maximum Gasteiger partial charge on any atom is 0.123 e. The summed E-state index contributed by atoms with van der Waals surface area (Å²) in [5, 5.41) is 0. The lowest BCUT2D eigenvalue weighted by Gasteiger charge is -2.10. The van der Waals surface area contributed by atoms with Gasteiger partial charge in [-0.05, 0) is 20.0 Å². The molecular weight excluding hydrogens is 186 g/mol. The Balaban J connectivity index is 0. The van der Waals surface area contributed by atoms with Crippen LogP contribution >= 0.6 is 0 Å². The average Bonchev–Trinajstić information content (AvgIpc) is 2.30.